The second-order valence-corrected chi connectivity index (χ2v) is 4.31. The Labute approximate surface area is 103 Å². The Morgan fingerprint density at radius 3 is 2.59 bits per heavy atom. The maximum Gasteiger partial charge on any atom is 0.227 e. The number of nitrogens with zero attached hydrogens (tertiary/aromatic N) is 1. The summed E-state index contributed by atoms with van der Waals surface area (Å²) >= 11 is 0. The molecule has 0 radical (unpaired) electrons. The Morgan fingerprint density at radius 2 is 2.06 bits per heavy atom. The second kappa shape index (κ2) is 6.40. The molecule has 0 saturated carbocycles. The molecule has 0 aliphatic heterocycles. The zero-order chi connectivity index (χ0) is 12.8. The molecule has 17 heavy (non-hydrogen) atoms. The van der Waals surface area contributed by atoms with Crippen LogP contribution in [0.3, 0.4) is 0 Å². The number of anilines is 1. The highest BCUT2D eigenvalue weighted by Gasteiger charge is 2.15. The van der Waals surface area contributed by atoms with E-state index in [-0.39, 0.29) is 5.91 Å². The fourth-order valence-corrected chi connectivity index (χ4v) is 1.81. The summed E-state index contributed by atoms with van der Waals surface area (Å²) < 4.78 is 0. The number of amides is 1. The van der Waals surface area contributed by atoms with E-state index in [1.165, 1.54) is 0 Å². The third-order valence-corrected chi connectivity index (χ3v) is 2.80. The Bertz CT molecular complexity index is 374. The van der Waals surface area contributed by atoms with Gasteiger partial charge in [0.2, 0.25) is 5.91 Å². The van der Waals surface area contributed by atoms with E-state index in [9.17, 15) is 9.90 Å². The van der Waals surface area contributed by atoms with Crippen molar-refractivity contribution in [3.63, 3.8) is 0 Å². The molecule has 0 aliphatic rings. The second-order valence-electron chi connectivity index (χ2n) is 4.31. The third kappa shape index (κ3) is 3.86. The van der Waals surface area contributed by atoms with Gasteiger partial charge in [0, 0.05) is 18.7 Å². The number of aliphatic hydroxyl groups excluding tert-OH is 1. The van der Waals surface area contributed by atoms with Gasteiger partial charge in [-0.1, -0.05) is 18.2 Å². The monoisotopic (exact) mass is 235 g/mol. The first kappa shape index (κ1) is 13.7. The molecule has 0 aromatic heterocycles. The summed E-state index contributed by atoms with van der Waals surface area (Å²) in [4.78, 5) is 13.8. The standard InChI is InChI=1S/C14H21NO2/c1-4-15(14(17)10-9-12(3)16)13-8-6-5-7-11(13)2/h5-8,12,16H,4,9-10H2,1-3H3. The Balaban J connectivity index is 2.78. The van der Waals surface area contributed by atoms with Crippen molar-refractivity contribution in [1.29, 1.82) is 0 Å². The zero-order valence-corrected chi connectivity index (χ0v) is 10.8. The molecular formula is C14H21NO2. The molecule has 1 rings (SSSR count). The minimum atomic E-state index is -0.422. The molecule has 1 aromatic rings. The molecule has 0 heterocycles. The molecule has 0 saturated heterocycles. The summed E-state index contributed by atoms with van der Waals surface area (Å²) in [5.41, 5.74) is 2.06. The lowest BCUT2D eigenvalue weighted by atomic mass is 10.1. The van der Waals surface area contributed by atoms with Crippen molar-refractivity contribution in [1.82, 2.24) is 0 Å². The van der Waals surface area contributed by atoms with Crippen molar-refractivity contribution in [3.8, 4) is 0 Å². The lowest BCUT2D eigenvalue weighted by Gasteiger charge is -2.23. The molecule has 0 spiro atoms. The van der Waals surface area contributed by atoms with Crippen molar-refractivity contribution in [2.45, 2.75) is 39.7 Å². The van der Waals surface area contributed by atoms with Crippen molar-refractivity contribution >= 4 is 11.6 Å². The fraction of sp³-hybridized carbons (Fsp3) is 0.500. The Morgan fingerprint density at radius 1 is 1.41 bits per heavy atom. The molecule has 1 amide bonds. The van der Waals surface area contributed by atoms with Gasteiger partial charge in [0.1, 0.15) is 0 Å². The van der Waals surface area contributed by atoms with Crippen LogP contribution in [0.25, 0.3) is 0 Å². The van der Waals surface area contributed by atoms with E-state index in [4.69, 9.17) is 0 Å². The molecule has 3 nitrogen and oxygen atoms in total. The van der Waals surface area contributed by atoms with Gasteiger partial charge in [-0.05, 0) is 38.8 Å². The number of para-hydroxylation sites is 1. The van der Waals surface area contributed by atoms with Gasteiger partial charge in [-0.25, -0.2) is 0 Å². The number of benzene rings is 1. The van der Waals surface area contributed by atoms with Gasteiger partial charge in [0.15, 0.2) is 0 Å². The van der Waals surface area contributed by atoms with Gasteiger partial charge in [-0.3, -0.25) is 4.79 Å². The quantitative estimate of drug-likeness (QED) is 0.852. The van der Waals surface area contributed by atoms with Crippen molar-refractivity contribution in [2.24, 2.45) is 0 Å². The Hall–Kier alpha value is -1.35. The average Bonchev–Trinajstić information content (AvgIpc) is 2.30. The molecule has 1 N–H and O–H groups in total. The maximum atomic E-state index is 12.0. The predicted molar refractivity (Wildman–Crippen MR) is 70.1 cm³/mol. The van der Waals surface area contributed by atoms with Crippen molar-refractivity contribution in [2.75, 3.05) is 11.4 Å². The van der Waals surface area contributed by atoms with Crippen LogP contribution in [0.1, 0.15) is 32.3 Å². The minimum absolute atomic E-state index is 0.0719. The first-order valence-electron chi connectivity index (χ1n) is 6.10. The summed E-state index contributed by atoms with van der Waals surface area (Å²) in [5, 5.41) is 9.21. The smallest absolute Gasteiger partial charge is 0.227 e. The summed E-state index contributed by atoms with van der Waals surface area (Å²) in [5.74, 6) is 0.0719. The van der Waals surface area contributed by atoms with Crippen LogP contribution >= 0.6 is 0 Å². The third-order valence-electron chi connectivity index (χ3n) is 2.80. The van der Waals surface area contributed by atoms with E-state index in [1.807, 2.05) is 38.1 Å². The molecule has 1 unspecified atom stereocenters. The first-order chi connectivity index (χ1) is 8.06. The van der Waals surface area contributed by atoms with Crippen molar-refractivity contribution in [3.05, 3.63) is 29.8 Å². The van der Waals surface area contributed by atoms with E-state index < -0.39 is 6.10 Å². The number of rotatable bonds is 5. The normalized spacial score (nSPS) is 12.2. The van der Waals surface area contributed by atoms with Gasteiger partial charge in [-0.2, -0.15) is 0 Å². The van der Waals surface area contributed by atoms with Crippen LogP contribution in [-0.4, -0.2) is 23.7 Å². The fourth-order valence-electron chi connectivity index (χ4n) is 1.81. The summed E-state index contributed by atoms with van der Waals surface area (Å²) in [7, 11) is 0. The number of carbonyl (C=O) groups is 1. The van der Waals surface area contributed by atoms with Crippen LogP contribution in [0.4, 0.5) is 5.69 Å². The number of aliphatic hydroxyl groups is 1. The van der Waals surface area contributed by atoms with Crippen LogP contribution in [0.2, 0.25) is 0 Å². The summed E-state index contributed by atoms with van der Waals surface area (Å²) in [6.45, 7) is 6.33. The molecule has 1 aromatic carbocycles. The predicted octanol–water partition coefficient (Wildman–Crippen LogP) is 2.51. The largest absolute Gasteiger partial charge is 0.393 e. The van der Waals surface area contributed by atoms with Crippen LogP contribution < -0.4 is 4.90 Å². The number of hydrogen-bond donors (Lipinski definition) is 1. The molecule has 94 valence electrons. The van der Waals surface area contributed by atoms with Gasteiger partial charge in [0.05, 0.1) is 6.10 Å². The number of carbonyl (C=O) groups excluding carboxylic acids is 1. The van der Waals surface area contributed by atoms with Gasteiger partial charge >= 0.3 is 0 Å². The lowest BCUT2D eigenvalue weighted by Crippen LogP contribution is -2.31. The van der Waals surface area contributed by atoms with Gasteiger partial charge in [-0.15, -0.1) is 0 Å². The summed E-state index contributed by atoms with van der Waals surface area (Å²) in [6.07, 6.45) is 0.482. The van der Waals surface area contributed by atoms with Crippen LogP contribution in [-0.2, 0) is 4.79 Å². The van der Waals surface area contributed by atoms with E-state index in [1.54, 1.807) is 11.8 Å². The van der Waals surface area contributed by atoms with Crippen molar-refractivity contribution < 1.29 is 9.90 Å². The highest BCUT2D eigenvalue weighted by molar-refractivity contribution is 5.94. The first-order valence-corrected chi connectivity index (χ1v) is 6.10. The average molecular weight is 235 g/mol. The molecule has 1 atom stereocenters. The van der Waals surface area contributed by atoms with E-state index in [0.717, 1.165) is 11.3 Å². The Kier molecular flexibility index (Phi) is 5.16. The highest BCUT2D eigenvalue weighted by atomic mass is 16.3. The topological polar surface area (TPSA) is 40.5 Å². The maximum absolute atomic E-state index is 12.0. The number of hydrogen-bond acceptors (Lipinski definition) is 2. The molecule has 0 fully saturated rings. The van der Waals surface area contributed by atoms with Gasteiger partial charge in [0.25, 0.3) is 0 Å². The molecular weight excluding hydrogens is 214 g/mol. The van der Waals surface area contributed by atoms with E-state index in [0.29, 0.717) is 19.4 Å². The SMILES string of the molecule is CCN(C(=O)CCC(C)O)c1ccccc1C. The zero-order valence-electron chi connectivity index (χ0n) is 10.8. The van der Waals surface area contributed by atoms with Crippen LogP contribution in [0, 0.1) is 6.92 Å². The lowest BCUT2D eigenvalue weighted by molar-refractivity contribution is -0.119. The highest BCUT2D eigenvalue weighted by Crippen LogP contribution is 2.20. The molecule has 0 bridgehead atoms. The molecule has 3 heteroatoms. The number of aryl methyl sites for hydroxylation is 1. The van der Waals surface area contributed by atoms with Crippen LogP contribution in [0.5, 0.6) is 0 Å². The van der Waals surface area contributed by atoms with Crippen LogP contribution in [0.15, 0.2) is 24.3 Å². The summed E-state index contributed by atoms with van der Waals surface area (Å²) in [6, 6.07) is 7.86. The van der Waals surface area contributed by atoms with E-state index >= 15 is 0 Å². The minimum Gasteiger partial charge on any atom is -0.393 e. The van der Waals surface area contributed by atoms with Gasteiger partial charge < -0.3 is 10.0 Å². The van der Waals surface area contributed by atoms with E-state index in [2.05, 4.69) is 0 Å². The molecule has 0 aliphatic carbocycles.